The smallest absolute Gasteiger partial charge is 0.0793 e. The molecule has 0 saturated heterocycles. The van der Waals surface area contributed by atoms with E-state index in [1.807, 2.05) is 12.3 Å². The summed E-state index contributed by atoms with van der Waals surface area (Å²) < 4.78 is 1.80. The third kappa shape index (κ3) is 2.60. The molecule has 0 atom stereocenters. The molecule has 2 rings (SSSR count). The van der Waals surface area contributed by atoms with Gasteiger partial charge in [0, 0.05) is 6.20 Å². The molecular weight excluding hydrogens is 222 g/mol. The summed E-state index contributed by atoms with van der Waals surface area (Å²) in [6.07, 6.45) is 2.24. The number of benzene rings is 1. The number of rotatable bonds is 2. The van der Waals surface area contributed by atoms with Gasteiger partial charge in [0.2, 0.25) is 0 Å². The Morgan fingerprint density at radius 1 is 1.17 bits per heavy atom. The first-order valence-electron chi connectivity index (χ1n) is 6.03. The second kappa shape index (κ2) is 4.66. The van der Waals surface area contributed by atoms with Gasteiger partial charge < -0.3 is 0 Å². The maximum absolute atomic E-state index is 8.63. The van der Waals surface area contributed by atoms with Crippen LogP contribution >= 0.6 is 0 Å². The minimum absolute atomic E-state index is 0.161. The van der Waals surface area contributed by atoms with E-state index in [1.165, 1.54) is 5.56 Å². The summed E-state index contributed by atoms with van der Waals surface area (Å²) in [6.45, 7) is 6.59. The zero-order valence-corrected chi connectivity index (χ0v) is 11.0. The van der Waals surface area contributed by atoms with Crippen LogP contribution < -0.4 is 0 Å². The van der Waals surface area contributed by atoms with Crippen molar-refractivity contribution in [2.75, 3.05) is 0 Å². The minimum atomic E-state index is 0.161. The summed E-state index contributed by atoms with van der Waals surface area (Å²) in [4.78, 5) is 0. The number of hydrogen-bond donors (Lipinski definition) is 0. The Kier molecular flexibility index (Phi) is 3.20. The van der Waals surface area contributed by atoms with Crippen molar-refractivity contribution in [3.05, 3.63) is 47.8 Å². The predicted octanol–water partition coefficient (Wildman–Crippen LogP) is 3.24. The molecule has 2 aromatic rings. The van der Waals surface area contributed by atoms with Crippen LogP contribution in [0.25, 0.3) is 5.69 Å². The van der Waals surface area contributed by atoms with Crippen LogP contribution in [0.3, 0.4) is 0 Å². The Hall–Kier alpha value is -2.08. The highest BCUT2D eigenvalue weighted by Crippen LogP contribution is 2.23. The Morgan fingerprint density at radius 3 is 2.39 bits per heavy atom. The van der Waals surface area contributed by atoms with Gasteiger partial charge in [0.15, 0.2) is 0 Å². The summed E-state index contributed by atoms with van der Waals surface area (Å²) in [5.41, 5.74) is 3.29. The molecule has 0 bridgehead atoms. The van der Waals surface area contributed by atoms with E-state index in [2.05, 4.69) is 56.2 Å². The van der Waals surface area contributed by atoms with Gasteiger partial charge in [-0.05, 0) is 29.2 Å². The molecule has 0 saturated carbocycles. The molecule has 0 aliphatic carbocycles. The molecule has 1 aromatic carbocycles. The summed E-state index contributed by atoms with van der Waals surface area (Å²) in [5.74, 6) is 0. The van der Waals surface area contributed by atoms with Gasteiger partial charge in [-0.2, -0.15) is 10.4 Å². The van der Waals surface area contributed by atoms with Crippen LogP contribution in [0.2, 0.25) is 0 Å². The molecule has 0 N–H and O–H groups in total. The Morgan fingerprint density at radius 2 is 1.83 bits per heavy atom. The fourth-order valence-corrected chi connectivity index (χ4v) is 1.79. The fraction of sp³-hybridized carbons (Fsp3) is 0.333. The largest absolute Gasteiger partial charge is 0.241 e. The first kappa shape index (κ1) is 12.4. The minimum Gasteiger partial charge on any atom is -0.241 e. The van der Waals surface area contributed by atoms with E-state index in [0.717, 1.165) is 11.4 Å². The van der Waals surface area contributed by atoms with E-state index in [1.54, 1.807) is 4.68 Å². The van der Waals surface area contributed by atoms with Gasteiger partial charge >= 0.3 is 0 Å². The van der Waals surface area contributed by atoms with Crippen LogP contribution in [0.15, 0.2) is 36.5 Å². The van der Waals surface area contributed by atoms with Gasteiger partial charge in [0.1, 0.15) is 0 Å². The summed E-state index contributed by atoms with van der Waals surface area (Å²) >= 11 is 0. The molecule has 92 valence electrons. The summed E-state index contributed by atoms with van der Waals surface area (Å²) in [7, 11) is 0. The average Bonchev–Trinajstić information content (AvgIpc) is 2.77. The Bertz CT molecular complexity index is 565. The van der Waals surface area contributed by atoms with Crippen molar-refractivity contribution in [3.63, 3.8) is 0 Å². The highest BCUT2D eigenvalue weighted by Gasteiger charge is 2.13. The molecule has 0 aliphatic heterocycles. The quantitative estimate of drug-likeness (QED) is 0.807. The van der Waals surface area contributed by atoms with E-state index >= 15 is 0 Å². The van der Waals surface area contributed by atoms with Gasteiger partial charge in [-0.15, -0.1) is 0 Å². The molecule has 3 heteroatoms. The maximum atomic E-state index is 8.63. The van der Waals surface area contributed by atoms with Crippen molar-refractivity contribution in [2.24, 2.45) is 0 Å². The van der Waals surface area contributed by atoms with Gasteiger partial charge in [0.05, 0.1) is 23.9 Å². The first-order valence-corrected chi connectivity index (χ1v) is 6.03. The molecule has 18 heavy (non-hydrogen) atoms. The van der Waals surface area contributed by atoms with Crippen LogP contribution in [-0.4, -0.2) is 9.78 Å². The second-order valence-electron chi connectivity index (χ2n) is 5.38. The highest BCUT2D eigenvalue weighted by molar-refractivity contribution is 5.36. The Labute approximate surface area is 108 Å². The van der Waals surface area contributed by atoms with E-state index in [0.29, 0.717) is 6.42 Å². The predicted molar refractivity (Wildman–Crippen MR) is 71.6 cm³/mol. The van der Waals surface area contributed by atoms with Crippen molar-refractivity contribution in [3.8, 4) is 11.8 Å². The lowest BCUT2D eigenvalue weighted by atomic mass is 9.87. The normalized spacial score (nSPS) is 11.2. The third-order valence-electron chi connectivity index (χ3n) is 2.90. The lowest BCUT2D eigenvalue weighted by molar-refractivity contribution is 0.590. The van der Waals surface area contributed by atoms with Crippen molar-refractivity contribution < 1.29 is 0 Å². The molecule has 1 heterocycles. The number of nitrogens with zero attached hydrogens (tertiary/aromatic N) is 3. The van der Waals surface area contributed by atoms with Crippen LogP contribution in [0.1, 0.15) is 32.0 Å². The van der Waals surface area contributed by atoms with Crippen LogP contribution in [0, 0.1) is 11.3 Å². The van der Waals surface area contributed by atoms with E-state index < -0.39 is 0 Å². The molecular formula is C15H17N3. The van der Waals surface area contributed by atoms with E-state index in [4.69, 9.17) is 5.26 Å². The van der Waals surface area contributed by atoms with Gasteiger partial charge in [-0.3, -0.25) is 0 Å². The monoisotopic (exact) mass is 239 g/mol. The van der Waals surface area contributed by atoms with Gasteiger partial charge in [0.25, 0.3) is 0 Å². The molecule has 0 amide bonds. The van der Waals surface area contributed by atoms with Gasteiger partial charge in [-0.25, -0.2) is 4.68 Å². The molecule has 0 unspecified atom stereocenters. The summed E-state index contributed by atoms with van der Waals surface area (Å²) in [6, 6.07) is 12.3. The number of aromatic nitrogens is 2. The average molecular weight is 239 g/mol. The van der Waals surface area contributed by atoms with Crippen molar-refractivity contribution in [2.45, 2.75) is 32.6 Å². The second-order valence-corrected chi connectivity index (χ2v) is 5.38. The van der Waals surface area contributed by atoms with E-state index in [9.17, 15) is 0 Å². The summed E-state index contributed by atoms with van der Waals surface area (Å²) in [5, 5.41) is 13.0. The first-order chi connectivity index (χ1) is 8.50. The van der Waals surface area contributed by atoms with Crippen molar-refractivity contribution in [1.82, 2.24) is 9.78 Å². The van der Waals surface area contributed by atoms with Crippen LogP contribution in [0.4, 0.5) is 0 Å². The van der Waals surface area contributed by atoms with Crippen LogP contribution in [0.5, 0.6) is 0 Å². The van der Waals surface area contributed by atoms with E-state index in [-0.39, 0.29) is 5.41 Å². The zero-order valence-electron chi connectivity index (χ0n) is 11.0. The van der Waals surface area contributed by atoms with Crippen LogP contribution in [-0.2, 0) is 11.8 Å². The molecule has 0 spiro atoms. The van der Waals surface area contributed by atoms with Crippen molar-refractivity contribution >= 4 is 0 Å². The zero-order chi connectivity index (χ0) is 13.2. The topological polar surface area (TPSA) is 41.6 Å². The lowest BCUT2D eigenvalue weighted by Gasteiger charge is -2.19. The lowest BCUT2D eigenvalue weighted by Crippen LogP contribution is -2.10. The third-order valence-corrected chi connectivity index (χ3v) is 2.90. The fourth-order valence-electron chi connectivity index (χ4n) is 1.79. The van der Waals surface area contributed by atoms with Gasteiger partial charge in [-0.1, -0.05) is 32.9 Å². The molecule has 0 aliphatic rings. The molecule has 0 fully saturated rings. The van der Waals surface area contributed by atoms with Crippen molar-refractivity contribution in [1.29, 1.82) is 5.26 Å². The highest BCUT2D eigenvalue weighted by atomic mass is 15.3. The molecule has 3 nitrogen and oxygen atoms in total. The number of nitriles is 1. The SMILES string of the molecule is CC(C)(C)c1ccc(-n2ccc(CC#N)n2)cc1. The molecule has 0 radical (unpaired) electrons. The standard InChI is InChI=1S/C15H17N3/c1-15(2,3)12-4-6-14(7-5-12)18-11-9-13(17-18)8-10-16/h4-7,9,11H,8H2,1-3H3. The molecule has 1 aromatic heterocycles. The maximum Gasteiger partial charge on any atom is 0.0793 e. The Balaban J connectivity index is 2.26. The number of hydrogen-bond acceptors (Lipinski definition) is 2.